The third kappa shape index (κ3) is 1.39. The molecule has 1 saturated heterocycles. The van der Waals surface area contributed by atoms with Crippen LogP contribution in [-0.4, -0.2) is 29.6 Å². The number of hydrogen-bond donors (Lipinski definition) is 2. The van der Waals surface area contributed by atoms with E-state index in [1.54, 1.807) is 0 Å². The molecule has 0 aromatic carbocycles. The summed E-state index contributed by atoms with van der Waals surface area (Å²) in [5.41, 5.74) is 0. The van der Waals surface area contributed by atoms with Gasteiger partial charge in [-0.3, -0.25) is 5.41 Å². The number of rotatable bonds is 2. The fraction of sp³-hybridized carbons (Fsp3) is 0.833. The molecule has 1 atom stereocenters. The van der Waals surface area contributed by atoms with E-state index in [4.69, 9.17) is 5.41 Å². The Balaban J connectivity index is 2.41. The maximum atomic E-state index is 7.00. The Bertz CT molecular complexity index is 105. The highest BCUT2D eigenvalue weighted by atomic mass is 32.1. The van der Waals surface area contributed by atoms with E-state index in [1.165, 1.54) is 19.2 Å². The van der Waals surface area contributed by atoms with Crippen LogP contribution in [0.4, 0.5) is 0 Å². The van der Waals surface area contributed by atoms with E-state index in [9.17, 15) is 0 Å². The molecule has 0 radical (unpaired) electrons. The molecule has 1 aliphatic rings. The van der Waals surface area contributed by atoms with Crippen molar-refractivity contribution in [2.75, 3.05) is 12.3 Å². The van der Waals surface area contributed by atoms with Crippen LogP contribution >= 0.6 is 12.6 Å². The largest absolute Gasteiger partial charge is 0.359 e. The molecule has 1 N–H and O–H groups in total. The molecule has 0 aromatic rings. The number of nitrogens with one attached hydrogen (secondary N) is 1. The summed E-state index contributed by atoms with van der Waals surface area (Å²) in [6, 6.07) is 0.533. The fourth-order valence-corrected chi connectivity index (χ4v) is 1.62. The van der Waals surface area contributed by atoms with Crippen molar-refractivity contribution < 1.29 is 0 Å². The van der Waals surface area contributed by atoms with E-state index >= 15 is 0 Å². The Morgan fingerprint density at radius 2 is 2.56 bits per heavy atom. The van der Waals surface area contributed by atoms with E-state index < -0.39 is 0 Å². The van der Waals surface area contributed by atoms with Gasteiger partial charge in [-0.2, -0.15) is 12.6 Å². The molecule has 0 saturated carbocycles. The average Bonchev–Trinajstić information content (AvgIpc) is 2.33. The minimum Gasteiger partial charge on any atom is -0.359 e. The number of nitrogens with zero attached hydrogens (tertiary/aromatic N) is 1. The Hall–Kier alpha value is -0.180. The summed E-state index contributed by atoms with van der Waals surface area (Å²) in [5, 5.41) is 7.00. The van der Waals surface area contributed by atoms with Gasteiger partial charge in [0.25, 0.3) is 0 Å². The van der Waals surface area contributed by atoms with Crippen molar-refractivity contribution in [1.29, 1.82) is 5.41 Å². The summed E-state index contributed by atoms with van der Waals surface area (Å²) >= 11 is 4.18. The molecule has 0 spiro atoms. The number of thiol groups is 1. The van der Waals surface area contributed by atoms with Gasteiger partial charge in [-0.05, 0) is 12.8 Å². The van der Waals surface area contributed by atoms with Gasteiger partial charge in [-0.15, -0.1) is 0 Å². The summed E-state index contributed by atoms with van der Waals surface area (Å²) in [4.78, 5) is 2.05. The van der Waals surface area contributed by atoms with Crippen LogP contribution in [0.3, 0.4) is 0 Å². The zero-order valence-corrected chi connectivity index (χ0v) is 6.27. The van der Waals surface area contributed by atoms with Gasteiger partial charge >= 0.3 is 0 Å². The maximum absolute atomic E-state index is 7.00. The Morgan fingerprint density at radius 3 is 3.00 bits per heavy atom. The van der Waals surface area contributed by atoms with Crippen LogP contribution in [0.5, 0.6) is 0 Å². The fourth-order valence-electron chi connectivity index (χ4n) is 1.22. The normalized spacial score (nSPS) is 26.8. The van der Waals surface area contributed by atoms with Crippen molar-refractivity contribution in [2.45, 2.75) is 18.9 Å². The lowest BCUT2D eigenvalue weighted by molar-refractivity contribution is 0.431. The first-order valence-corrected chi connectivity index (χ1v) is 3.89. The van der Waals surface area contributed by atoms with Gasteiger partial charge in [-0.1, -0.05) is 0 Å². The van der Waals surface area contributed by atoms with Crippen LogP contribution in [0.25, 0.3) is 0 Å². The van der Waals surface area contributed by atoms with Crippen LogP contribution in [-0.2, 0) is 0 Å². The molecule has 1 fully saturated rings. The molecular weight excluding hydrogens is 132 g/mol. The molecule has 0 aromatic heterocycles. The van der Waals surface area contributed by atoms with Crippen molar-refractivity contribution in [3.63, 3.8) is 0 Å². The molecule has 3 heteroatoms. The summed E-state index contributed by atoms with van der Waals surface area (Å²) in [6.45, 7) is 1.05. The number of hydrogen-bond acceptors (Lipinski definition) is 2. The van der Waals surface area contributed by atoms with Gasteiger partial charge in [0.2, 0.25) is 0 Å². The standard InChI is InChI=1S/C6H12N2S/c7-5-8-3-1-2-6(8)4-9/h5-7,9H,1-4H2. The Labute approximate surface area is 61.2 Å². The summed E-state index contributed by atoms with van der Waals surface area (Å²) in [5.74, 6) is 0.884. The molecule has 0 aliphatic carbocycles. The van der Waals surface area contributed by atoms with Gasteiger partial charge in [0.15, 0.2) is 0 Å². The van der Waals surface area contributed by atoms with Crippen LogP contribution in [0.1, 0.15) is 12.8 Å². The lowest BCUT2D eigenvalue weighted by Crippen LogP contribution is -2.28. The SMILES string of the molecule is N=CN1CCCC1CS. The highest BCUT2D eigenvalue weighted by molar-refractivity contribution is 7.80. The summed E-state index contributed by atoms with van der Waals surface area (Å²) in [6.07, 6.45) is 3.85. The average molecular weight is 144 g/mol. The second kappa shape index (κ2) is 3.11. The Kier molecular flexibility index (Phi) is 2.39. The second-order valence-corrected chi connectivity index (χ2v) is 2.71. The van der Waals surface area contributed by atoms with Gasteiger partial charge in [-0.25, -0.2) is 0 Å². The predicted octanol–water partition coefficient (Wildman–Crippen LogP) is 0.988. The van der Waals surface area contributed by atoms with Gasteiger partial charge in [0, 0.05) is 18.3 Å². The predicted molar refractivity (Wildman–Crippen MR) is 42.4 cm³/mol. The molecule has 1 heterocycles. The van der Waals surface area contributed by atoms with Gasteiger partial charge in [0.1, 0.15) is 0 Å². The van der Waals surface area contributed by atoms with Crippen molar-refractivity contribution in [3.05, 3.63) is 0 Å². The molecule has 2 nitrogen and oxygen atoms in total. The minimum absolute atomic E-state index is 0.533. The lowest BCUT2D eigenvalue weighted by Gasteiger charge is -2.18. The molecule has 0 amide bonds. The van der Waals surface area contributed by atoms with E-state index in [0.717, 1.165) is 12.3 Å². The van der Waals surface area contributed by atoms with Crippen LogP contribution in [0, 0.1) is 5.41 Å². The van der Waals surface area contributed by atoms with Crippen LogP contribution in [0.2, 0.25) is 0 Å². The minimum atomic E-state index is 0.533. The lowest BCUT2D eigenvalue weighted by atomic mass is 10.2. The summed E-state index contributed by atoms with van der Waals surface area (Å²) < 4.78 is 0. The van der Waals surface area contributed by atoms with Crippen molar-refractivity contribution in [2.24, 2.45) is 0 Å². The highest BCUT2D eigenvalue weighted by Crippen LogP contribution is 2.15. The van der Waals surface area contributed by atoms with Gasteiger partial charge in [0.05, 0.1) is 6.34 Å². The Morgan fingerprint density at radius 1 is 1.78 bits per heavy atom. The van der Waals surface area contributed by atoms with E-state index in [0.29, 0.717) is 6.04 Å². The highest BCUT2D eigenvalue weighted by Gasteiger charge is 2.19. The number of likely N-dealkylation sites (tertiary alicyclic amines) is 1. The first-order valence-electron chi connectivity index (χ1n) is 3.25. The van der Waals surface area contributed by atoms with Crippen molar-refractivity contribution in [1.82, 2.24) is 4.90 Å². The first-order chi connectivity index (χ1) is 4.38. The van der Waals surface area contributed by atoms with Crippen molar-refractivity contribution >= 4 is 19.0 Å². The van der Waals surface area contributed by atoms with E-state index in [1.807, 2.05) is 4.90 Å². The van der Waals surface area contributed by atoms with Crippen LogP contribution < -0.4 is 0 Å². The zero-order chi connectivity index (χ0) is 6.69. The van der Waals surface area contributed by atoms with E-state index in [2.05, 4.69) is 12.6 Å². The quantitative estimate of drug-likeness (QED) is 0.337. The third-order valence-electron chi connectivity index (χ3n) is 1.80. The second-order valence-electron chi connectivity index (χ2n) is 2.35. The smallest absolute Gasteiger partial charge is 0.0820 e. The zero-order valence-electron chi connectivity index (χ0n) is 5.38. The maximum Gasteiger partial charge on any atom is 0.0820 e. The van der Waals surface area contributed by atoms with Crippen molar-refractivity contribution in [3.8, 4) is 0 Å². The molecule has 0 bridgehead atoms. The van der Waals surface area contributed by atoms with Gasteiger partial charge < -0.3 is 4.90 Å². The molecule has 9 heavy (non-hydrogen) atoms. The molecule has 1 aliphatic heterocycles. The topological polar surface area (TPSA) is 27.1 Å². The summed E-state index contributed by atoms with van der Waals surface area (Å²) in [7, 11) is 0. The molecule has 1 rings (SSSR count). The third-order valence-corrected chi connectivity index (χ3v) is 2.22. The van der Waals surface area contributed by atoms with Crippen LogP contribution in [0.15, 0.2) is 0 Å². The molecule has 1 unspecified atom stereocenters. The molecule has 52 valence electrons. The monoisotopic (exact) mass is 144 g/mol. The molecular formula is C6H12N2S. The van der Waals surface area contributed by atoms with E-state index in [-0.39, 0.29) is 0 Å². The first kappa shape index (κ1) is 6.93.